The lowest BCUT2D eigenvalue weighted by Gasteiger charge is -2.21. The van der Waals surface area contributed by atoms with Gasteiger partial charge in [0, 0.05) is 13.0 Å². The van der Waals surface area contributed by atoms with Crippen molar-refractivity contribution in [1.82, 2.24) is 5.32 Å². The van der Waals surface area contributed by atoms with Crippen molar-refractivity contribution in [2.45, 2.75) is 38.6 Å². The summed E-state index contributed by atoms with van der Waals surface area (Å²) in [5.41, 5.74) is 0. The molecule has 1 amide bonds. The molecule has 2 aliphatic carbocycles. The summed E-state index contributed by atoms with van der Waals surface area (Å²) in [6, 6.07) is 0.520. The zero-order valence-corrected chi connectivity index (χ0v) is 6.97. The standard InChI is InChI=1S/C9H15NO/c1-6(11)10-9-5-7-2-3-8(9)4-7/h7-9H,2-5H2,1H3,(H,10,11)/t7?,8?,9-/m1/s1. The lowest BCUT2D eigenvalue weighted by Crippen LogP contribution is -2.36. The Morgan fingerprint density at radius 2 is 2.18 bits per heavy atom. The number of carbonyl (C=O) groups excluding carboxylic acids is 1. The molecule has 2 nitrogen and oxygen atoms in total. The largest absolute Gasteiger partial charge is 0.353 e. The van der Waals surface area contributed by atoms with Crippen molar-refractivity contribution in [1.29, 1.82) is 0 Å². The van der Waals surface area contributed by atoms with Gasteiger partial charge in [0.15, 0.2) is 0 Å². The van der Waals surface area contributed by atoms with E-state index < -0.39 is 0 Å². The van der Waals surface area contributed by atoms with Gasteiger partial charge in [0.1, 0.15) is 0 Å². The maximum Gasteiger partial charge on any atom is 0.217 e. The molecule has 1 N–H and O–H groups in total. The van der Waals surface area contributed by atoms with E-state index in [9.17, 15) is 4.79 Å². The Morgan fingerprint density at radius 3 is 2.64 bits per heavy atom. The van der Waals surface area contributed by atoms with Crippen LogP contribution in [0.4, 0.5) is 0 Å². The molecule has 0 aromatic heterocycles. The summed E-state index contributed by atoms with van der Waals surface area (Å²) in [6.45, 7) is 1.62. The molecule has 62 valence electrons. The molecular formula is C9H15NO. The van der Waals surface area contributed by atoms with Crippen LogP contribution in [0.25, 0.3) is 0 Å². The monoisotopic (exact) mass is 153 g/mol. The van der Waals surface area contributed by atoms with Crippen LogP contribution in [0.5, 0.6) is 0 Å². The fourth-order valence-corrected chi connectivity index (χ4v) is 2.68. The van der Waals surface area contributed by atoms with Gasteiger partial charge in [0.25, 0.3) is 0 Å². The maximum absolute atomic E-state index is 10.8. The van der Waals surface area contributed by atoms with Crippen molar-refractivity contribution in [2.75, 3.05) is 0 Å². The zero-order chi connectivity index (χ0) is 7.84. The number of fused-ring (bicyclic) bond motifs is 2. The van der Waals surface area contributed by atoms with Crippen molar-refractivity contribution in [2.24, 2.45) is 11.8 Å². The van der Waals surface area contributed by atoms with Gasteiger partial charge < -0.3 is 5.32 Å². The number of rotatable bonds is 1. The van der Waals surface area contributed by atoms with Crippen molar-refractivity contribution in [3.8, 4) is 0 Å². The number of amides is 1. The highest BCUT2D eigenvalue weighted by atomic mass is 16.1. The van der Waals surface area contributed by atoms with Crippen LogP contribution in [-0.4, -0.2) is 11.9 Å². The fraction of sp³-hybridized carbons (Fsp3) is 0.889. The minimum atomic E-state index is 0.141. The minimum Gasteiger partial charge on any atom is -0.353 e. The van der Waals surface area contributed by atoms with Crippen molar-refractivity contribution in [3.63, 3.8) is 0 Å². The predicted octanol–water partition coefficient (Wildman–Crippen LogP) is 1.31. The molecule has 2 saturated carbocycles. The average molecular weight is 153 g/mol. The normalized spacial score (nSPS) is 41.0. The van der Waals surface area contributed by atoms with E-state index in [4.69, 9.17) is 0 Å². The number of carbonyl (C=O) groups is 1. The Balaban J connectivity index is 1.92. The second-order valence-corrected chi connectivity index (χ2v) is 3.98. The molecule has 3 atom stereocenters. The first-order valence-electron chi connectivity index (χ1n) is 4.53. The molecule has 0 heterocycles. The van der Waals surface area contributed by atoms with E-state index in [1.54, 1.807) is 6.92 Å². The van der Waals surface area contributed by atoms with Gasteiger partial charge in [-0.1, -0.05) is 6.42 Å². The molecule has 2 aliphatic rings. The number of hydrogen-bond donors (Lipinski definition) is 1. The van der Waals surface area contributed by atoms with Gasteiger partial charge in [-0.05, 0) is 31.1 Å². The van der Waals surface area contributed by atoms with E-state index in [-0.39, 0.29) is 5.91 Å². The van der Waals surface area contributed by atoms with Crippen LogP contribution in [0.1, 0.15) is 32.6 Å². The quantitative estimate of drug-likeness (QED) is 0.604. The molecule has 2 heteroatoms. The van der Waals surface area contributed by atoms with Gasteiger partial charge in [-0.15, -0.1) is 0 Å². The van der Waals surface area contributed by atoms with E-state index in [0.717, 1.165) is 11.8 Å². The molecule has 0 aromatic carbocycles. The molecule has 0 spiro atoms. The molecule has 0 saturated heterocycles. The SMILES string of the molecule is CC(=O)N[C@@H]1CC2CCC1C2. The second-order valence-electron chi connectivity index (χ2n) is 3.98. The smallest absolute Gasteiger partial charge is 0.217 e. The first-order chi connectivity index (χ1) is 5.25. The highest BCUT2D eigenvalue weighted by Crippen LogP contribution is 2.44. The summed E-state index contributed by atoms with van der Waals surface area (Å²) >= 11 is 0. The highest BCUT2D eigenvalue weighted by molar-refractivity contribution is 5.73. The lowest BCUT2D eigenvalue weighted by molar-refractivity contribution is -0.120. The second kappa shape index (κ2) is 2.50. The molecular weight excluding hydrogens is 138 g/mol. The molecule has 2 rings (SSSR count). The number of nitrogens with one attached hydrogen (secondary N) is 1. The summed E-state index contributed by atoms with van der Waals surface area (Å²) in [7, 11) is 0. The van der Waals surface area contributed by atoms with Crippen molar-refractivity contribution in [3.05, 3.63) is 0 Å². The summed E-state index contributed by atoms with van der Waals surface area (Å²) in [4.78, 5) is 10.8. The lowest BCUT2D eigenvalue weighted by atomic mass is 9.95. The minimum absolute atomic E-state index is 0.141. The van der Waals surface area contributed by atoms with Crippen LogP contribution >= 0.6 is 0 Å². The average Bonchev–Trinajstić information content (AvgIpc) is 2.45. The van der Waals surface area contributed by atoms with Gasteiger partial charge in [-0.2, -0.15) is 0 Å². The van der Waals surface area contributed by atoms with Gasteiger partial charge in [0.2, 0.25) is 5.91 Å². The summed E-state index contributed by atoms with van der Waals surface area (Å²) < 4.78 is 0. The third-order valence-corrected chi connectivity index (χ3v) is 3.13. The molecule has 2 unspecified atom stereocenters. The van der Waals surface area contributed by atoms with Crippen LogP contribution in [0, 0.1) is 11.8 Å². The summed E-state index contributed by atoms with van der Waals surface area (Å²) in [5.74, 6) is 1.88. The highest BCUT2D eigenvalue weighted by Gasteiger charge is 2.39. The van der Waals surface area contributed by atoms with E-state index >= 15 is 0 Å². The zero-order valence-electron chi connectivity index (χ0n) is 6.97. The topological polar surface area (TPSA) is 29.1 Å². The Labute approximate surface area is 67.4 Å². The third kappa shape index (κ3) is 1.26. The molecule has 11 heavy (non-hydrogen) atoms. The van der Waals surface area contributed by atoms with Gasteiger partial charge >= 0.3 is 0 Å². The number of hydrogen-bond acceptors (Lipinski definition) is 1. The van der Waals surface area contributed by atoms with Crippen LogP contribution < -0.4 is 5.32 Å². The first kappa shape index (κ1) is 7.14. The van der Waals surface area contributed by atoms with Crippen molar-refractivity contribution >= 4 is 5.91 Å². The fourth-order valence-electron chi connectivity index (χ4n) is 2.68. The predicted molar refractivity (Wildman–Crippen MR) is 43.1 cm³/mol. The van der Waals surface area contributed by atoms with E-state index in [0.29, 0.717) is 6.04 Å². The van der Waals surface area contributed by atoms with Gasteiger partial charge in [0.05, 0.1) is 0 Å². The first-order valence-corrected chi connectivity index (χ1v) is 4.53. The van der Waals surface area contributed by atoms with Crippen LogP contribution in [-0.2, 0) is 4.79 Å². The van der Waals surface area contributed by atoms with Gasteiger partial charge in [-0.3, -0.25) is 4.79 Å². The maximum atomic E-state index is 10.8. The Hall–Kier alpha value is -0.530. The molecule has 2 bridgehead atoms. The van der Waals surface area contributed by atoms with E-state index in [2.05, 4.69) is 5.32 Å². The van der Waals surface area contributed by atoms with Crippen molar-refractivity contribution < 1.29 is 4.79 Å². The van der Waals surface area contributed by atoms with Crippen LogP contribution in [0.3, 0.4) is 0 Å². The summed E-state index contributed by atoms with van der Waals surface area (Å²) in [5, 5.41) is 3.03. The van der Waals surface area contributed by atoms with Crippen LogP contribution in [0.15, 0.2) is 0 Å². The van der Waals surface area contributed by atoms with E-state index in [1.165, 1.54) is 25.7 Å². The third-order valence-electron chi connectivity index (χ3n) is 3.13. The van der Waals surface area contributed by atoms with Gasteiger partial charge in [-0.25, -0.2) is 0 Å². The summed E-state index contributed by atoms with van der Waals surface area (Å²) in [6.07, 6.45) is 5.35. The molecule has 0 aliphatic heterocycles. The molecule has 0 aromatic rings. The molecule has 0 radical (unpaired) electrons. The Bertz CT molecular complexity index is 178. The molecule has 2 fully saturated rings. The van der Waals surface area contributed by atoms with Crippen LogP contribution in [0.2, 0.25) is 0 Å². The Morgan fingerprint density at radius 1 is 1.36 bits per heavy atom. The Kier molecular flexibility index (Phi) is 1.63. The van der Waals surface area contributed by atoms with E-state index in [1.807, 2.05) is 0 Å².